The van der Waals surface area contributed by atoms with Crippen LogP contribution in [0.3, 0.4) is 0 Å². The maximum Gasteiger partial charge on any atom is 0.283 e. The number of anilines is 3. The SMILES string of the molecule is Cc1cc(C)cc(N2C(=O)C(Cl)=C(Nc3ccc(C(=O)Nc4ccc(Cl)cc4Cl)cc3)C2=O)c1. The van der Waals surface area contributed by atoms with Crippen molar-refractivity contribution in [3.63, 3.8) is 0 Å². The largest absolute Gasteiger partial charge is 0.350 e. The smallest absolute Gasteiger partial charge is 0.283 e. The van der Waals surface area contributed by atoms with Crippen LogP contribution in [-0.2, 0) is 9.59 Å². The Balaban J connectivity index is 1.50. The third kappa shape index (κ3) is 4.80. The average Bonchev–Trinajstić information content (AvgIpc) is 2.98. The maximum atomic E-state index is 13.0. The molecule has 4 rings (SSSR count). The molecule has 0 atom stereocenters. The van der Waals surface area contributed by atoms with Crippen molar-refractivity contribution in [3.05, 3.63) is 98.1 Å². The topological polar surface area (TPSA) is 78.5 Å². The van der Waals surface area contributed by atoms with E-state index in [0.717, 1.165) is 16.0 Å². The van der Waals surface area contributed by atoms with E-state index in [1.54, 1.807) is 48.5 Å². The third-order valence-corrected chi connectivity index (χ3v) is 5.99. The molecule has 0 radical (unpaired) electrons. The molecule has 3 aromatic rings. The average molecular weight is 515 g/mol. The Bertz CT molecular complexity index is 1350. The summed E-state index contributed by atoms with van der Waals surface area (Å²) in [5.74, 6) is -1.53. The van der Waals surface area contributed by atoms with Crippen LogP contribution < -0.4 is 15.5 Å². The van der Waals surface area contributed by atoms with E-state index in [-0.39, 0.29) is 16.6 Å². The number of amides is 3. The zero-order valence-corrected chi connectivity index (χ0v) is 20.3. The van der Waals surface area contributed by atoms with Gasteiger partial charge in [0.2, 0.25) is 0 Å². The van der Waals surface area contributed by atoms with Gasteiger partial charge >= 0.3 is 0 Å². The molecule has 0 saturated carbocycles. The highest BCUT2D eigenvalue weighted by Gasteiger charge is 2.39. The van der Waals surface area contributed by atoms with Gasteiger partial charge in [-0.25, -0.2) is 4.90 Å². The van der Waals surface area contributed by atoms with Gasteiger partial charge in [0.15, 0.2) is 0 Å². The second-order valence-electron chi connectivity index (χ2n) is 7.76. The van der Waals surface area contributed by atoms with Crippen LogP contribution in [0.15, 0.2) is 71.4 Å². The van der Waals surface area contributed by atoms with Gasteiger partial charge in [-0.15, -0.1) is 0 Å². The molecule has 2 N–H and O–H groups in total. The van der Waals surface area contributed by atoms with Crippen molar-refractivity contribution in [2.24, 2.45) is 0 Å². The van der Waals surface area contributed by atoms with Gasteiger partial charge in [0.25, 0.3) is 17.7 Å². The number of halogens is 3. The predicted octanol–water partition coefficient (Wildman–Crippen LogP) is 6.30. The summed E-state index contributed by atoms with van der Waals surface area (Å²) in [6.45, 7) is 3.77. The first kappa shape index (κ1) is 23.8. The number of hydrogen-bond acceptors (Lipinski definition) is 4. The highest BCUT2D eigenvalue weighted by molar-refractivity contribution is 6.53. The summed E-state index contributed by atoms with van der Waals surface area (Å²) < 4.78 is 0. The molecule has 1 aliphatic rings. The van der Waals surface area contributed by atoms with E-state index in [1.807, 2.05) is 19.9 Å². The fourth-order valence-corrected chi connectivity index (χ4v) is 4.23. The number of benzene rings is 3. The van der Waals surface area contributed by atoms with Crippen molar-refractivity contribution in [2.75, 3.05) is 15.5 Å². The number of carbonyl (C=O) groups excluding carboxylic acids is 3. The molecule has 6 nitrogen and oxygen atoms in total. The lowest BCUT2D eigenvalue weighted by Gasteiger charge is -2.16. The van der Waals surface area contributed by atoms with Crippen LogP contribution in [0.2, 0.25) is 10.0 Å². The summed E-state index contributed by atoms with van der Waals surface area (Å²) in [7, 11) is 0. The monoisotopic (exact) mass is 513 g/mol. The first-order valence-electron chi connectivity index (χ1n) is 10.1. The number of rotatable bonds is 5. The summed E-state index contributed by atoms with van der Waals surface area (Å²) >= 11 is 18.2. The Labute approximate surface area is 211 Å². The predicted molar refractivity (Wildman–Crippen MR) is 136 cm³/mol. The molecule has 0 aliphatic carbocycles. The molecule has 0 spiro atoms. The summed E-state index contributed by atoms with van der Waals surface area (Å²) in [6.07, 6.45) is 0. The summed E-state index contributed by atoms with van der Waals surface area (Å²) in [6, 6.07) is 16.5. The molecule has 1 aliphatic heterocycles. The number of nitrogens with zero attached hydrogens (tertiary/aromatic N) is 1. The van der Waals surface area contributed by atoms with Crippen molar-refractivity contribution in [1.82, 2.24) is 0 Å². The Morgan fingerprint density at radius 1 is 0.824 bits per heavy atom. The van der Waals surface area contributed by atoms with Gasteiger partial charge in [-0.1, -0.05) is 40.9 Å². The van der Waals surface area contributed by atoms with Gasteiger partial charge in [-0.3, -0.25) is 14.4 Å². The number of imide groups is 1. The molecule has 0 aromatic heterocycles. The highest BCUT2D eigenvalue weighted by atomic mass is 35.5. The van der Waals surface area contributed by atoms with Crippen molar-refractivity contribution in [3.8, 4) is 0 Å². The Kier molecular flexibility index (Phi) is 6.66. The minimum Gasteiger partial charge on any atom is -0.350 e. The first-order chi connectivity index (χ1) is 16.1. The van der Waals surface area contributed by atoms with Crippen LogP contribution >= 0.6 is 34.8 Å². The van der Waals surface area contributed by atoms with Gasteiger partial charge in [0.05, 0.1) is 16.4 Å². The maximum absolute atomic E-state index is 13.0. The van der Waals surface area contributed by atoms with Crippen LogP contribution in [0.1, 0.15) is 21.5 Å². The van der Waals surface area contributed by atoms with Crippen molar-refractivity contribution in [1.29, 1.82) is 0 Å². The van der Waals surface area contributed by atoms with Crippen molar-refractivity contribution < 1.29 is 14.4 Å². The molecule has 3 amide bonds. The molecular formula is C25H18Cl3N3O3. The normalized spacial score (nSPS) is 13.5. The summed E-state index contributed by atoms with van der Waals surface area (Å²) in [4.78, 5) is 39.3. The zero-order valence-electron chi connectivity index (χ0n) is 18.1. The minimum absolute atomic E-state index is 0.0315. The molecule has 0 fully saturated rings. The van der Waals surface area contributed by atoms with Crippen molar-refractivity contribution in [2.45, 2.75) is 13.8 Å². The third-order valence-electron chi connectivity index (χ3n) is 5.09. The quantitative estimate of drug-likeness (QED) is 0.392. The Morgan fingerprint density at radius 3 is 2.09 bits per heavy atom. The van der Waals surface area contributed by atoms with E-state index < -0.39 is 11.8 Å². The summed E-state index contributed by atoms with van der Waals surface area (Å²) in [5, 5.41) is 6.19. The zero-order chi connectivity index (χ0) is 24.6. The standard InChI is InChI=1S/C25H18Cl3N3O3/c1-13-9-14(2)11-18(10-13)31-24(33)21(28)22(25(31)34)29-17-6-3-15(4-7-17)23(32)30-20-8-5-16(26)12-19(20)27/h3-12,29H,1-2H3,(H,30,32). The second kappa shape index (κ2) is 9.50. The Morgan fingerprint density at radius 2 is 1.47 bits per heavy atom. The van der Waals surface area contributed by atoms with Crippen LogP contribution in [0.25, 0.3) is 0 Å². The van der Waals surface area contributed by atoms with Gasteiger partial charge in [-0.2, -0.15) is 0 Å². The highest BCUT2D eigenvalue weighted by Crippen LogP contribution is 2.31. The van der Waals surface area contributed by atoms with Crippen LogP contribution in [0.4, 0.5) is 17.1 Å². The van der Waals surface area contributed by atoms with E-state index in [4.69, 9.17) is 34.8 Å². The second-order valence-corrected chi connectivity index (χ2v) is 8.98. The van der Waals surface area contributed by atoms with Gasteiger partial charge in [-0.05, 0) is 79.6 Å². The van der Waals surface area contributed by atoms with Crippen LogP contribution in [-0.4, -0.2) is 17.7 Å². The number of aryl methyl sites for hydroxylation is 2. The van der Waals surface area contributed by atoms with Gasteiger partial charge in [0, 0.05) is 16.3 Å². The molecule has 0 bridgehead atoms. The lowest BCUT2D eigenvalue weighted by Crippen LogP contribution is -2.32. The Hall–Kier alpha value is -3.32. The number of hydrogen-bond donors (Lipinski definition) is 2. The van der Waals surface area contributed by atoms with E-state index >= 15 is 0 Å². The molecule has 9 heteroatoms. The molecule has 0 unspecified atom stereocenters. The molecule has 172 valence electrons. The van der Waals surface area contributed by atoms with E-state index in [0.29, 0.717) is 32.7 Å². The first-order valence-corrected chi connectivity index (χ1v) is 11.3. The summed E-state index contributed by atoms with van der Waals surface area (Å²) in [5.41, 5.74) is 3.53. The van der Waals surface area contributed by atoms with E-state index in [2.05, 4.69) is 10.6 Å². The fourth-order valence-electron chi connectivity index (χ4n) is 3.56. The van der Waals surface area contributed by atoms with E-state index in [9.17, 15) is 14.4 Å². The van der Waals surface area contributed by atoms with Crippen molar-refractivity contribution >= 4 is 69.6 Å². The molecular weight excluding hydrogens is 497 g/mol. The fraction of sp³-hybridized carbons (Fsp3) is 0.0800. The molecule has 1 heterocycles. The number of carbonyl (C=O) groups is 3. The molecule has 34 heavy (non-hydrogen) atoms. The molecule has 3 aromatic carbocycles. The lowest BCUT2D eigenvalue weighted by molar-refractivity contribution is -0.120. The number of nitrogens with one attached hydrogen (secondary N) is 2. The molecule has 0 saturated heterocycles. The van der Waals surface area contributed by atoms with E-state index in [1.165, 1.54) is 6.07 Å². The van der Waals surface area contributed by atoms with Gasteiger partial charge < -0.3 is 10.6 Å². The lowest BCUT2D eigenvalue weighted by atomic mass is 10.1. The minimum atomic E-state index is -0.602. The van der Waals surface area contributed by atoms with Crippen LogP contribution in [0, 0.1) is 13.8 Å². The van der Waals surface area contributed by atoms with Crippen LogP contribution in [0.5, 0.6) is 0 Å². The van der Waals surface area contributed by atoms with Gasteiger partial charge in [0.1, 0.15) is 10.7 Å².